The van der Waals surface area contributed by atoms with E-state index in [-0.39, 0.29) is 36.9 Å². The molecule has 2 aromatic heterocycles. The molecular formula is C22H21F2N5O2. The second-order valence-corrected chi connectivity index (χ2v) is 7.56. The average Bonchev–Trinajstić information content (AvgIpc) is 3.28. The summed E-state index contributed by atoms with van der Waals surface area (Å²) in [6.45, 7) is 2.35. The monoisotopic (exact) mass is 425 g/mol. The van der Waals surface area contributed by atoms with Crippen LogP contribution in [0.3, 0.4) is 0 Å². The fourth-order valence-electron chi connectivity index (χ4n) is 3.59. The third-order valence-electron chi connectivity index (χ3n) is 5.26. The van der Waals surface area contributed by atoms with E-state index in [1.807, 2.05) is 12.1 Å². The summed E-state index contributed by atoms with van der Waals surface area (Å²) in [5.74, 6) is -1.67. The van der Waals surface area contributed by atoms with E-state index in [1.54, 1.807) is 30.3 Å². The summed E-state index contributed by atoms with van der Waals surface area (Å²) in [5, 5.41) is 6.99. The molecule has 1 N–H and O–H groups in total. The highest BCUT2D eigenvalue weighted by atomic mass is 19.1. The normalized spacial score (nSPS) is 16.0. The summed E-state index contributed by atoms with van der Waals surface area (Å²) in [6, 6.07) is 8.67. The highest BCUT2D eigenvalue weighted by Crippen LogP contribution is 2.23. The van der Waals surface area contributed by atoms with Gasteiger partial charge in [0, 0.05) is 30.3 Å². The topological polar surface area (TPSA) is 80.1 Å². The van der Waals surface area contributed by atoms with Gasteiger partial charge in [-0.15, -0.1) is 0 Å². The predicted molar refractivity (Wildman–Crippen MR) is 109 cm³/mol. The largest absolute Gasteiger partial charge is 0.336 e. The summed E-state index contributed by atoms with van der Waals surface area (Å²) in [7, 11) is 0. The molecule has 2 amide bonds. The minimum atomic E-state index is -0.557. The van der Waals surface area contributed by atoms with Gasteiger partial charge in [0.1, 0.15) is 17.5 Å². The predicted octanol–water partition coefficient (Wildman–Crippen LogP) is 2.90. The number of carbonyl (C=O) groups excluding carboxylic acids is 2. The van der Waals surface area contributed by atoms with Gasteiger partial charge in [-0.1, -0.05) is 6.07 Å². The molecule has 1 aliphatic rings. The number of halogens is 2. The summed E-state index contributed by atoms with van der Waals surface area (Å²) >= 11 is 0. The molecule has 0 radical (unpaired) electrons. The van der Waals surface area contributed by atoms with E-state index in [4.69, 9.17) is 0 Å². The lowest BCUT2D eigenvalue weighted by Gasteiger charge is -2.16. The number of aryl methyl sites for hydroxylation is 1. The van der Waals surface area contributed by atoms with Crippen LogP contribution < -0.4 is 5.32 Å². The summed E-state index contributed by atoms with van der Waals surface area (Å²) < 4.78 is 28.9. The van der Waals surface area contributed by atoms with Crippen LogP contribution in [0.2, 0.25) is 0 Å². The van der Waals surface area contributed by atoms with Crippen molar-refractivity contribution in [2.75, 3.05) is 11.9 Å². The second kappa shape index (κ2) is 8.63. The van der Waals surface area contributed by atoms with Crippen LogP contribution in [0, 0.1) is 24.5 Å². The van der Waals surface area contributed by atoms with Crippen molar-refractivity contribution in [3.63, 3.8) is 0 Å². The van der Waals surface area contributed by atoms with Crippen LogP contribution in [0.15, 0.2) is 48.8 Å². The van der Waals surface area contributed by atoms with Crippen molar-refractivity contribution < 1.29 is 18.4 Å². The molecule has 1 aliphatic heterocycles. The summed E-state index contributed by atoms with van der Waals surface area (Å²) in [6.07, 6.45) is 3.30. The Morgan fingerprint density at radius 1 is 1.23 bits per heavy atom. The van der Waals surface area contributed by atoms with E-state index in [2.05, 4.69) is 15.4 Å². The Kier molecular flexibility index (Phi) is 5.75. The number of carbonyl (C=O) groups is 2. The number of rotatable bonds is 6. The maximum absolute atomic E-state index is 14.0. The van der Waals surface area contributed by atoms with E-state index in [9.17, 15) is 18.4 Å². The van der Waals surface area contributed by atoms with E-state index in [0.717, 1.165) is 23.9 Å². The number of likely N-dealkylation sites (tertiary alicyclic amines) is 1. The quantitative estimate of drug-likeness (QED) is 0.659. The van der Waals surface area contributed by atoms with Crippen molar-refractivity contribution in [1.82, 2.24) is 19.7 Å². The van der Waals surface area contributed by atoms with Crippen LogP contribution in [0.4, 0.5) is 14.6 Å². The molecule has 9 heteroatoms. The van der Waals surface area contributed by atoms with Gasteiger partial charge in [-0.25, -0.2) is 13.5 Å². The smallest absolute Gasteiger partial charge is 0.230 e. The lowest BCUT2D eigenvalue weighted by Crippen LogP contribution is -2.29. The Bertz CT molecular complexity index is 1120. The van der Waals surface area contributed by atoms with Crippen molar-refractivity contribution in [2.45, 2.75) is 26.4 Å². The molecule has 0 aliphatic carbocycles. The molecule has 1 unspecified atom stereocenters. The molecule has 1 saturated heterocycles. The molecule has 0 spiro atoms. The van der Waals surface area contributed by atoms with Gasteiger partial charge in [-0.2, -0.15) is 5.10 Å². The third-order valence-corrected chi connectivity index (χ3v) is 5.26. The first-order valence-corrected chi connectivity index (χ1v) is 9.85. The average molecular weight is 425 g/mol. The van der Waals surface area contributed by atoms with Crippen LogP contribution in [-0.2, 0) is 22.7 Å². The number of nitrogens with zero attached hydrogens (tertiary/aromatic N) is 4. The molecule has 0 saturated carbocycles. The molecule has 3 aromatic rings. The Morgan fingerprint density at radius 3 is 2.84 bits per heavy atom. The van der Waals surface area contributed by atoms with Crippen LogP contribution in [0.1, 0.15) is 23.2 Å². The van der Waals surface area contributed by atoms with E-state index in [0.29, 0.717) is 17.9 Å². The third kappa shape index (κ3) is 4.60. The molecule has 31 heavy (non-hydrogen) atoms. The van der Waals surface area contributed by atoms with Crippen LogP contribution in [0.5, 0.6) is 0 Å². The maximum atomic E-state index is 14.0. The van der Waals surface area contributed by atoms with E-state index >= 15 is 0 Å². The van der Waals surface area contributed by atoms with E-state index < -0.39 is 17.6 Å². The first-order valence-electron chi connectivity index (χ1n) is 9.85. The van der Waals surface area contributed by atoms with Gasteiger partial charge in [-0.05, 0) is 37.3 Å². The molecular weight excluding hydrogens is 404 g/mol. The van der Waals surface area contributed by atoms with Crippen LogP contribution in [-0.4, -0.2) is 38.0 Å². The molecule has 1 aromatic carbocycles. The van der Waals surface area contributed by atoms with E-state index in [1.165, 1.54) is 4.68 Å². The Hall–Kier alpha value is -3.62. The van der Waals surface area contributed by atoms with Gasteiger partial charge in [0.05, 0.1) is 30.9 Å². The Balaban J connectivity index is 1.45. The molecule has 4 rings (SSSR count). The van der Waals surface area contributed by atoms with Crippen molar-refractivity contribution in [1.29, 1.82) is 0 Å². The van der Waals surface area contributed by atoms with Crippen LogP contribution >= 0.6 is 0 Å². The highest BCUT2D eigenvalue weighted by Gasteiger charge is 2.35. The lowest BCUT2D eigenvalue weighted by atomic mass is 10.1. The van der Waals surface area contributed by atoms with Crippen molar-refractivity contribution in [2.24, 2.45) is 5.92 Å². The molecule has 3 heterocycles. The maximum Gasteiger partial charge on any atom is 0.230 e. The Labute approximate surface area is 177 Å². The minimum Gasteiger partial charge on any atom is -0.336 e. The molecule has 0 bridgehead atoms. The van der Waals surface area contributed by atoms with Gasteiger partial charge in [0.2, 0.25) is 11.8 Å². The first kappa shape index (κ1) is 20.6. The first-order chi connectivity index (χ1) is 14.9. The van der Waals surface area contributed by atoms with Gasteiger partial charge < -0.3 is 10.2 Å². The van der Waals surface area contributed by atoms with Crippen LogP contribution in [0.25, 0.3) is 0 Å². The second-order valence-electron chi connectivity index (χ2n) is 7.56. The van der Waals surface area contributed by atoms with Gasteiger partial charge in [-0.3, -0.25) is 14.6 Å². The summed E-state index contributed by atoms with van der Waals surface area (Å²) in [5.41, 5.74) is 1.55. The summed E-state index contributed by atoms with van der Waals surface area (Å²) in [4.78, 5) is 31.0. The molecule has 1 fully saturated rings. The molecule has 1 atom stereocenters. The van der Waals surface area contributed by atoms with Gasteiger partial charge in [0.15, 0.2) is 0 Å². The number of aromatic nitrogens is 3. The van der Waals surface area contributed by atoms with Crippen molar-refractivity contribution >= 4 is 17.6 Å². The zero-order valence-corrected chi connectivity index (χ0v) is 16.9. The van der Waals surface area contributed by atoms with Crippen molar-refractivity contribution in [3.8, 4) is 0 Å². The fourth-order valence-corrected chi connectivity index (χ4v) is 3.59. The Morgan fingerprint density at radius 2 is 2.06 bits per heavy atom. The number of nitrogens with one attached hydrogen (secondary N) is 1. The van der Waals surface area contributed by atoms with Crippen molar-refractivity contribution in [3.05, 3.63) is 77.2 Å². The standard InChI is InChI=1S/C22H21F2N5O2/c1-14-10-26-29(12-15-8-17(23)5-6-19(15)24)21(14)27-22(31)16-9-20(30)28(11-16)13-18-4-2-3-7-25-18/h2-8,10,16H,9,11-13H2,1H3,(H,27,31). The number of benzene rings is 1. The zero-order chi connectivity index (χ0) is 22.0. The number of hydrogen-bond acceptors (Lipinski definition) is 4. The molecule has 7 nitrogen and oxygen atoms in total. The highest BCUT2D eigenvalue weighted by molar-refractivity contribution is 5.97. The number of amides is 2. The number of hydrogen-bond donors (Lipinski definition) is 1. The number of anilines is 1. The number of pyridine rings is 1. The van der Waals surface area contributed by atoms with Gasteiger partial charge in [0.25, 0.3) is 0 Å². The zero-order valence-electron chi connectivity index (χ0n) is 16.9. The SMILES string of the molecule is Cc1cnn(Cc2cc(F)ccc2F)c1NC(=O)C1CC(=O)N(Cc2ccccn2)C1. The molecule has 160 valence electrons. The fraction of sp³-hybridized carbons (Fsp3) is 0.273. The van der Waals surface area contributed by atoms with Gasteiger partial charge >= 0.3 is 0 Å². The lowest BCUT2D eigenvalue weighted by molar-refractivity contribution is -0.128. The minimum absolute atomic E-state index is 0.0392.